The second kappa shape index (κ2) is 4.51. The maximum absolute atomic E-state index is 9.55. The fourth-order valence-electron chi connectivity index (χ4n) is 1.26. The van der Waals surface area contributed by atoms with Crippen molar-refractivity contribution in [2.24, 2.45) is 0 Å². The lowest BCUT2D eigenvalue weighted by molar-refractivity contribution is 0.469. The molecule has 0 saturated carbocycles. The summed E-state index contributed by atoms with van der Waals surface area (Å²) < 4.78 is 0. The predicted octanol–water partition coefficient (Wildman–Crippen LogP) is 2.65. The molecule has 0 spiro atoms. The third-order valence-electron chi connectivity index (χ3n) is 1.87. The third-order valence-corrected chi connectivity index (χ3v) is 1.87. The second-order valence-corrected chi connectivity index (χ2v) is 2.81. The van der Waals surface area contributed by atoms with Gasteiger partial charge in [0.2, 0.25) is 0 Å². The van der Waals surface area contributed by atoms with E-state index in [0.29, 0.717) is 12.2 Å². The van der Waals surface area contributed by atoms with E-state index in [1.165, 1.54) is 0 Å². The molecule has 1 radical (unpaired) electrons. The van der Waals surface area contributed by atoms with Crippen LogP contribution in [0.4, 0.5) is 0 Å². The maximum Gasteiger partial charge on any atom is 0.119 e. The number of rotatable bonds is 4. The van der Waals surface area contributed by atoms with Gasteiger partial charge in [0, 0.05) is 5.56 Å². The van der Waals surface area contributed by atoms with Crippen molar-refractivity contribution >= 4 is 0 Å². The Balaban J connectivity index is 3.08. The molecule has 1 heteroatoms. The van der Waals surface area contributed by atoms with Crippen molar-refractivity contribution < 1.29 is 5.11 Å². The predicted molar refractivity (Wildman–Crippen MR) is 54.7 cm³/mol. The maximum atomic E-state index is 9.55. The molecule has 0 aromatic heterocycles. The van der Waals surface area contributed by atoms with Crippen molar-refractivity contribution in [2.45, 2.75) is 12.8 Å². The molecule has 67 valence electrons. The summed E-state index contributed by atoms with van der Waals surface area (Å²) in [6, 6.07) is 6.45. The Kier molecular flexibility index (Phi) is 3.32. The first-order valence-corrected chi connectivity index (χ1v) is 4.22. The monoisotopic (exact) mass is 173 g/mol. The van der Waals surface area contributed by atoms with Gasteiger partial charge >= 0.3 is 0 Å². The highest BCUT2D eigenvalue weighted by Crippen LogP contribution is 2.21. The smallest absolute Gasteiger partial charge is 0.119 e. The van der Waals surface area contributed by atoms with Gasteiger partial charge in [0.15, 0.2) is 0 Å². The molecule has 0 unspecified atom stereocenters. The molecule has 1 rings (SSSR count). The van der Waals surface area contributed by atoms with Crippen LogP contribution in [0.25, 0.3) is 0 Å². The summed E-state index contributed by atoms with van der Waals surface area (Å²) in [5, 5.41) is 9.55. The zero-order valence-electron chi connectivity index (χ0n) is 7.59. The average Bonchev–Trinajstić information content (AvgIpc) is 2.11. The molecule has 0 heterocycles. The van der Waals surface area contributed by atoms with Crippen LogP contribution in [0.2, 0.25) is 0 Å². The molecular formula is C12H13O. The summed E-state index contributed by atoms with van der Waals surface area (Å²) in [7, 11) is 0. The molecule has 1 aromatic rings. The Morgan fingerprint density at radius 2 is 2.00 bits per heavy atom. The van der Waals surface area contributed by atoms with Crippen LogP contribution in [0.15, 0.2) is 37.4 Å². The minimum atomic E-state index is 0.315. The van der Waals surface area contributed by atoms with E-state index >= 15 is 0 Å². The van der Waals surface area contributed by atoms with E-state index in [-0.39, 0.29) is 0 Å². The fourth-order valence-corrected chi connectivity index (χ4v) is 1.26. The molecule has 0 amide bonds. The quantitative estimate of drug-likeness (QED) is 0.694. The SMILES string of the molecule is C=CCc1[c]ccc(O)c1CC=C. The first kappa shape index (κ1) is 9.59. The second-order valence-electron chi connectivity index (χ2n) is 2.81. The molecule has 0 aliphatic carbocycles. The third kappa shape index (κ3) is 2.22. The van der Waals surface area contributed by atoms with E-state index in [0.717, 1.165) is 17.5 Å². The number of hydrogen-bond acceptors (Lipinski definition) is 1. The van der Waals surface area contributed by atoms with Gasteiger partial charge in [0.05, 0.1) is 0 Å². The molecule has 1 N–H and O–H groups in total. The van der Waals surface area contributed by atoms with Gasteiger partial charge in [-0.1, -0.05) is 18.2 Å². The van der Waals surface area contributed by atoms with Crippen molar-refractivity contribution in [3.05, 3.63) is 54.6 Å². The van der Waals surface area contributed by atoms with Crippen molar-refractivity contribution in [3.8, 4) is 5.75 Å². The normalized spacial score (nSPS) is 9.54. The van der Waals surface area contributed by atoms with E-state index in [1.807, 2.05) is 0 Å². The lowest BCUT2D eigenvalue weighted by Crippen LogP contribution is -1.92. The Bertz CT molecular complexity index is 313. The van der Waals surface area contributed by atoms with E-state index in [1.54, 1.807) is 24.3 Å². The Morgan fingerprint density at radius 3 is 2.62 bits per heavy atom. The van der Waals surface area contributed by atoms with E-state index < -0.39 is 0 Å². The first-order valence-electron chi connectivity index (χ1n) is 4.22. The van der Waals surface area contributed by atoms with Crippen LogP contribution in [0.3, 0.4) is 0 Å². The van der Waals surface area contributed by atoms with Crippen LogP contribution in [0.1, 0.15) is 11.1 Å². The van der Waals surface area contributed by atoms with Gasteiger partial charge in [0.25, 0.3) is 0 Å². The van der Waals surface area contributed by atoms with Crippen molar-refractivity contribution in [3.63, 3.8) is 0 Å². The standard InChI is InChI=1S/C12H13O/c1-3-6-10-8-5-9-12(13)11(10)7-4-2/h3-5,9,13H,1-2,6-7H2. The summed E-state index contributed by atoms with van der Waals surface area (Å²) in [6.07, 6.45) is 4.98. The molecule has 13 heavy (non-hydrogen) atoms. The number of hydrogen-bond donors (Lipinski definition) is 1. The summed E-state index contributed by atoms with van der Waals surface area (Å²) in [4.78, 5) is 0. The van der Waals surface area contributed by atoms with Crippen LogP contribution in [0, 0.1) is 6.07 Å². The highest BCUT2D eigenvalue weighted by Gasteiger charge is 2.04. The van der Waals surface area contributed by atoms with Crippen LogP contribution < -0.4 is 0 Å². The van der Waals surface area contributed by atoms with Gasteiger partial charge in [-0.25, -0.2) is 0 Å². The molecule has 1 nitrogen and oxygen atoms in total. The highest BCUT2D eigenvalue weighted by atomic mass is 16.3. The highest BCUT2D eigenvalue weighted by molar-refractivity contribution is 5.40. The average molecular weight is 173 g/mol. The van der Waals surface area contributed by atoms with Crippen molar-refractivity contribution in [1.82, 2.24) is 0 Å². The van der Waals surface area contributed by atoms with Crippen LogP contribution in [-0.4, -0.2) is 5.11 Å². The zero-order chi connectivity index (χ0) is 9.68. The zero-order valence-corrected chi connectivity index (χ0v) is 7.59. The molecule has 0 aliphatic heterocycles. The molecule has 0 aliphatic rings. The molecular weight excluding hydrogens is 160 g/mol. The summed E-state index contributed by atoms with van der Waals surface area (Å²) in [6.45, 7) is 7.31. The van der Waals surface area contributed by atoms with Crippen molar-refractivity contribution in [2.75, 3.05) is 0 Å². The van der Waals surface area contributed by atoms with Gasteiger partial charge in [-0.05, 0) is 30.5 Å². The number of allylic oxidation sites excluding steroid dienone is 2. The summed E-state index contributed by atoms with van der Waals surface area (Å²) >= 11 is 0. The fraction of sp³-hybridized carbons (Fsp3) is 0.167. The molecule has 0 saturated heterocycles. The topological polar surface area (TPSA) is 20.2 Å². The van der Waals surface area contributed by atoms with Gasteiger partial charge in [-0.3, -0.25) is 0 Å². The number of phenolic OH excluding ortho intramolecular Hbond substituents is 1. The molecule has 0 fully saturated rings. The van der Waals surface area contributed by atoms with E-state index in [2.05, 4.69) is 19.2 Å². The summed E-state index contributed by atoms with van der Waals surface area (Å²) in [5.74, 6) is 0.315. The minimum absolute atomic E-state index is 0.315. The number of phenols is 1. The molecule has 0 atom stereocenters. The number of benzene rings is 1. The van der Waals surface area contributed by atoms with Crippen molar-refractivity contribution in [1.29, 1.82) is 0 Å². The number of aromatic hydroxyl groups is 1. The lowest BCUT2D eigenvalue weighted by atomic mass is 10.0. The first-order chi connectivity index (χ1) is 6.29. The van der Waals surface area contributed by atoms with Gasteiger partial charge in [-0.2, -0.15) is 0 Å². The molecule has 0 bridgehead atoms. The summed E-state index contributed by atoms with van der Waals surface area (Å²) in [5.41, 5.74) is 1.90. The molecule has 1 aromatic carbocycles. The van der Waals surface area contributed by atoms with Crippen LogP contribution in [0.5, 0.6) is 5.75 Å². The van der Waals surface area contributed by atoms with Gasteiger partial charge < -0.3 is 5.11 Å². The largest absolute Gasteiger partial charge is 0.508 e. The van der Waals surface area contributed by atoms with Gasteiger partial charge in [0.1, 0.15) is 5.75 Å². The van der Waals surface area contributed by atoms with Crippen LogP contribution >= 0.6 is 0 Å². The van der Waals surface area contributed by atoms with Gasteiger partial charge in [-0.15, -0.1) is 13.2 Å². The Labute approximate surface area is 79.0 Å². The minimum Gasteiger partial charge on any atom is -0.508 e. The van der Waals surface area contributed by atoms with E-state index in [9.17, 15) is 5.11 Å². The lowest BCUT2D eigenvalue weighted by Gasteiger charge is -2.06. The van der Waals surface area contributed by atoms with Crippen LogP contribution in [-0.2, 0) is 12.8 Å². The Morgan fingerprint density at radius 1 is 1.31 bits per heavy atom. The Hall–Kier alpha value is -1.50. The van der Waals surface area contributed by atoms with E-state index in [4.69, 9.17) is 0 Å².